The molecule has 0 radical (unpaired) electrons. The van der Waals surface area contributed by atoms with Crippen molar-refractivity contribution in [3.8, 4) is 28.7 Å². The van der Waals surface area contributed by atoms with Crippen LogP contribution in [0, 0.1) is 11.3 Å². The molecule has 1 N–H and O–H groups in total. The number of nitriles is 1. The second-order valence-electron chi connectivity index (χ2n) is 8.84. The van der Waals surface area contributed by atoms with Gasteiger partial charge in [0.1, 0.15) is 17.6 Å². The minimum atomic E-state index is 0.429. The summed E-state index contributed by atoms with van der Waals surface area (Å²) in [6, 6.07) is 15.0. The first-order valence-corrected chi connectivity index (χ1v) is 11.5. The van der Waals surface area contributed by atoms with Gasteiger partial charge in [-0.05, 0) is 70.0 Å². The number of nitrogens with one attached hydrogen (secondary N) is 1. The molecule has 32 heavy (non-hydrogen) atoms. The maximum absolute atomic E-state index is 9.59. The van der Waals surface area contributed by atoms with Gasteiger partial charge in [0.2, 0.25) is 0 Å². The molecule has 6 heteroatoms. The molecular formula is C26H29N5O. The number of piperidine rings is 1. The van der Waals surface area contributed by atoms with Gasteiger partial charge in [0.15, 0.2) is 0 Å². The van der Waals surface area contributed by atoms with Gasteiger partial charge in [-0.15, -0.1) is 0 Å². The van der Waals surface area contributed by atoms with Crippen LogP contribution in [-0.4, -0.2) is 36.0 Å². The van der Waals surface area contributed by atoms with E-state index in [0.29, 0.717) is 23.4 Å². The number of rotatable bonds is 4. The highest BCUT2D eigenvalue weighted by Gasteiger charge is 2.27. The van der Waals surface area contributed by atoms with Crippen molar-refractivity contribution in [2.45, 2.75) is 44.7 Å². The summed E-state index contributed by atoms with van der Waals surface area (Å²) in [6.45, 7) is 4.32. The summed E-state index contributed by atoms with van der Waals surface area (Å²) >= 11 is 0. The highest BCUT2D eigenvalue weighted by Crippen LogP contribution is 2.44. The SMILES string of the molecule is CC1CCc2c(ccc(-c3cnn(C4CCNCC4)c3)c2Oc2ccccc2C#N)N1C. The van der Waals surface area contributed by atoms with Crippen LogP contribution in [0.3, 0.4) is 0 Å². The fourth-order valence-corrected chi connectivity index (χ4v) is 4.82. The van der Waals surface area contributed by atoms with Gasteiger partial charge in [-0.2, -0.15) is 10.4 Å². The Morgan fingerprint density at radius 1 is 1.12 bits per heavy atom. The zero-order valence-electron chi connectivity index (χ0n) is 18.7. The number of hydrogen-bond acceptors (Lipinski definition) is 5. The molecule has 2 aromatic carbocycles. The molecule has 6 nitrogen and oxygen atoms in total. The molecule has 0 aliphatic carbocycles. The monoisotopic (exact) mass is 427 g/mol. The Balaban J connectivity index is 1.60. The predicted octanol–water partition coefficient (Wildman–Crippen LogP) is 4.91. The molecule has 0 amide bonds. The normalized spacial score (nSPS) is 18.8. The smallest absolute Gasteiger partial charge is 0.145 e. The van der Waals surface area contributed by atoms with Crippen LogP contribution < -0.4 is 15.0 Å². The molecule has 164 valence electrons. The van der Waals surface area contributed by atoms with Gasteiger partial charge in [0.25, 0.3) is 0 Å². The number of para-hydroxylation sites is 1. The summed E-state index contributed by atoms with van der Waals surface area (Å²) in [7, 11) is 2.14. The minimum absolute atomic E-state index is 0.429. The first-order valence-electron chi connectivity index (χ1n) is 11.5. The molecule has 2 aliphatic rings. The highest BCUT2D eigenvalue weighted by molar-refractivity contribution is 5.78. The molecular weight excluding hydrogens is 398 g/mol. The zero-order chi connectivity index (χ0) is 22.1. The first kappa shape index (κ1) is 20.6. The Bertz CT molecular complexity index is 1160. The highest BCUT2D eigenvalue weighted by atomic mass is 16.5. The van der Waals surface area contributed by atoms with Crippen molar-refractivity contribution in [3.05, 3.63) is 59.9 Å². The van der Waals surface area contributed by atoms with Gasteiger partial charge < -0.3 is 15.0 Å². The fraction of sp³-hybridized carbons (Fsp3) is 0.385. The summed E-state index contributed by atoms with van der Waals surface area (Å²) in [4.78, 5) is 2.32. The molecule has 0 saturated carbocycles. The van der Waals surface area contributed by atoms with Crippen LogP contribution in [0.25, 0.3) is 11.1 Å². The lowest BCUT2D eigenvalue weighted by molar-refractivity contribution is 0.343. The Labute approximate surface area is 189 Å². The van der Waals surface area contributed by atoms with Crippen molar-refractivity contribution >= 4 is 5.69 Å². The summed E-state index contributed by atoms with van der Waals surface area (Å²) in [5.41, 5.74) is 5.02. The van der Waals surface area contributed by atoms with E-state index in [2.05, 4.69) is 53.3 Å². The van der Waals surface area contributed by atoms with Crippen molar-refractivity contribution in [1.29, 1.82) is 5.26 Å². The van der Waals surface area contributed by atoms with Crippen molar-refractivity contribution in [2.24, 2.45) is 0 Å². The molecule has 1 fully saturated rings. The van der Waals surface area contributed by atoms with Gasteiger partial charge in [-0.1, -0.05) is 12.1 Å². The second-order valence-corrected chi connectivity index (χ2v) is 8.84. The lowest BCUT2D eigenvalue weighted by Crippen LogP contribution is -2.33. The second kappa shape index (κ2) is 8.68. The number of fused-ring (bicyclic) bond motifs is 1. The number of benzene rings is 2. The van der Waals surface area contributed by atoms with E-state index in [0.717, 1.165) is 55.6 Å². The average molecular weight is 428 g/mol. The van der Waals surface area contributed by atoms with Crippen LogP contribution in [0.2, 0.25) is 0 Å². The standard InChI is InChI=1S/C26H29N5O/c1-18-7-8-23-24(30(18)2)10-9-22(26(23)32-25-6-4-3-5-19(25)15-27)20-16-29-31(17-20)21-11-13-28-14-12-21/h3-6,9-10,16-18,21,28H,7-8,11-14H2,1-2H3. The molecule has 3 aromatic rings. The number of ether oxygens (including phenoxy) is 1. The molecule has 3 heterocycles. The third kappa shape index (κ3) is 3.74. The number of nitrogens with zero attached hydrogens (tertiary/aromatic N) is 4. The maximum atomic E-state index is 9.59. The summed E-state index contributed by atoms with van der Waals surface area (Å²) in [5, 5.41) is 17.7. The molecule has 1 atom stereocenters. The van der Waals surface area contributed by atoms with E-state index in [4.69, 9.17) is 9.84 Å². The minimum Gasteiger partial charge on any atom is -0.455 e. The van der Waals surface area contributed by atoms with Crippen molar-refractivity contribution in [1.82, 2.24) is 15.1 Å². The molecule has 1 unspecified atom stereocenters. The lowest BCUT2D eigenvalue weighted by atomic mass is 9.92. The molecule has 0 bridgehead atoms. The Morgan fingerprint density at radius 3 is 2.75 bits per heavy atom. The molecule has 5 rings (SSSR count). The van der Waals surface area contributed by atoms with Crippen LogP contribution in [-0.2, 0) is 6.42 Å². The topological polar surface area (TPSA) is 66.1 Å². The Kier molecular flexibility index (Phi) is 5.59. The van der Waals surface area contributed by atoms with E-state index in [1.54, 1.807) is 6.07 Å². The van der Waals surface area contributed by atoms with Gasteiger partial charge in [0.05, 0.1) is 17.8 Å². The van der Waals surface area contributed by atoms with Crippen LogP contribution >= 0.6 is 0 Å². The molecule has 1 aromatic heterocycles. The molecule has 1 saturated heterocycles. The van der Waals surface area contributed by atoms with Gasteiger partial charge in [-0.25, -0.2) is 0 Å². The average Bonchev–Trinajstić information content (AvgIpc) is 3.33. The van der Waals surface area contributed by atoms with Gasteiger partial charge in [0, 0.05) is 41.7 Å². The number of hydrogen-bond donors (Lipinski definition) is 1. The fourth-order valence-electron chi connectivity index (χ4n) is 4.82. The predicted molar refractivity (Wildman–Crippen MR) is 126 cm³/mol. The lowest BCUT2D eigenvalue weighted by Gasteiger charge is -2.35. The first-order chi connectivity index (χ1) is 15.7. The quantitative estimate of drug-likeness (QED) is 0.641. The van der Waals surface area contributed by atoms with Crippen LogP contribution in [0.4, 0.5) is 5.69 Å². The van der Waals surface area contributed by atoms with Crippen molar-refractivity contribution < 1.29 is 4.74 Å². The number of aromatic nitrogens is 2. The third-order valence-corrected chi connectivity index (χ3v) is 6.90. The summed E-state index contributed by atoms with van der Waals surface area (Å²) in [5.74, 6) is 1.44. The molecule has 0 spiro atoms. The van der Waals surface area contributed by atoms with Crippen molar-refractivity contribution in [3.63, 3.8) is 0 Å². The van der Waals surface area contributed by atoms with E-state index in [1.165, 1.54) is 11.3 Å². The third-order valence-electron chi connectivity index (χ3n) is 6.90. The largest absolute Gasteiger partial charge is 0.455 e. The maximum Gasteiger partial charge on any atom is 0.145 e. The molecule has 2 aliphatic heterocycles. The number of anilines is 1. The van der Waals surface area contributed by atoms with Crippen LogP contribution in [0.5, 0.6) is 11.5 Å². The summed E-state index contributed by atoms with van der Waals surface area (Å²) < 4.78 is 8.63. The van der Waals surface area contributed by atoms with E-state index >= 15 is 0 Å². The van der Waals surface area contributed by atoms with Gasteiger partial charge >= 0.3 is 0 Å². The van der Waals surface area contributed by atoms with Crippen LogP contribution in [0.1, 0.15) is 43.4 Å². The summed E-state index contributed by atoms with van der Waals surface area (Å²) in [6.07, 6.45) is 8.29. The van der Waals surface area contributed by atoms with E-state index in [1.807, 2.05) is 24.4 Å². The van der Waals surface area contributed by atoms with Crippen LogP contribution in [0.15, 0.2) is 48.8 Å². The van der Waals surface area contributed by atoms with E-state index in [-0.39, 0.29) is 0 Å². The Morgan fingerprint density at radius 2 is 1.94 bits per heavy atom. The van der Waals surface area contributed by atoms with E-state index < -0.39 is 0 Å². The zero-order valence-corrected chi connectivity index (χ0v) is 18.7. The Hall–Kier alpha value is -3.30. The van der Waals surface area contributed by atoms with E-state index in [9.17, 15) is 5.26 Å². The van der Waals surface area contributed by atoms with Gasteiger partial charge in [-0.3, -0.25) is 4.68 Å². The van der Waals surface area contributed by atoms with Crippen molar-refractivity contribution in [2.75, 3.05) is 25.0 Å².